The number of thiazole rings is 1. The number of aryl methyl sites for hydroxylation is 1. The lowest BCUT2D eigenvalue weighted by Gasteiger charge is -2.20. The van der Waals surface area contributed by atoms with Crippen LogP contribution in [0.4, 0.5) is 10.8 Å². The van der Waals surface area contributed by atoms with Gasteiger partial charge in [0.2, 0.25) is 5.91 Å². The molecule has 0 saturated heterocycles. The van der Waals surface area contributed by atoms with Crippen molar-refractivity contribution in [3.05, 3.63) is 76.3 Å². The SMILES string of the molecule is CC(C)c1ccc(NC(=O)C2CCCc3sc(NC(=O)c4ccccc4)nc32)cc1. The van der Waals surface area contributed by atoms with Crippen molar-refractivity contribution in [3.63, 3.8) is 0 Å². The quantitative estimate of drug-likeness (QED) is 0.567. The first-order chi connectivity index (χ1) is 14.5. The lowest BCUT2D eigenvalue weighted by molar-refractivity contribution is -0.117. The fourth-order valence-corrected chi connectivity index (χ4v) is 4.73. The van der Waals surface area contributed by atoms with Crippen molar-refractivity contribution in [3.8, 4) is 0 Å². The lowest BCUT2D eigenvalue weighted by Crippen LogP contribution is -2.24. The fourth-order valence-electron chi connectivity index (χ4n) is 3.67. The summed E-state index contributed by atoms with van der Waals surface area (Å²) < 4.78 is 0. The van der Waals surface area contributed by atoms with Gasteiger partial charge in [0.15, 0.2) is 5.13 Å². The normalized spacial score (nSPS) is 15.5. The first-order valence-electron chi connectivity index (χ1n) is 10.3. The first-order valence-corrected chi connectivity index (χ1v) is 11.1. The Bertz CT molecular complexity index is 1040. The summed E-state index contributed by atoms with van der Waals surface area (Å²) in [7, 11) is 0. The van der Waals surface area contributed by atoms with Gasteiger partial charge in [0, 0.05) is 16.1 Å². The number of carbonyl (C=O) groups is 2. The number of amides is 2. The second-order valence-electron chi connectivity index (χ2n) is 7.86. The van der Waals surface area contributed by atoms with Crippen LogP contribution in [-0.2, 0) is 11.2 Å². The van der Waals surface area contributed by atoms with Crippen molar-refractivity contribution >= 4 is 34.0 Å². The molecule has 3 aromatic rings. The molecule has 1 aliphatic rings. The maximum absolute atomic E-state index is 13.0. The number of carbonyl (C=O) groups excluding carboxylic acids is 2. The number of nitrogens with zero attached hydrogens (tertiary/aromatic N) is 1. The molecule has 0 saturated carbocycles. The lowest BCUT2D eigenvalue weighted by atomic mass is 9.90. The van der Waals surface area contributed by atoms with E-state index in [1.165, 1.54) is 16.9 Å². The number of hydrogen-bond donors (Lipinski definition) is 2. The van der Waals surface area contributed by atoms with Crippen molar-refractivity contribution in [2.45, 2.75) is 44.9 Å². The molecule has 4 rings (SSSR count). The molecule has 30 heavy (non-hydrogen) atoms. The van der Waals surface area contributed by atoms with Crippen LogP contribution in [0.3, 0.4) is 0 Å². The van der Waals surface area contributed by atoms with E-state index in [0.717, 1.165) is 35.5 Å². The van der Waals surface area contributed by atoms with Gasteiger partial charge in [-0.2, -0.15) is 0 Å². The zero-order valence-electron chi connectivity index (χ0n) is 17.1. The van der Waals surface area contributed by atoms with Gasteiger partial charge < -0.3 is 5.32 Å². The van der Waals surface area contributed by atoms with Crippen molar-refractivity contribution in [2.24, 2.45) is 0 Å². The summed E-state index contributed by atoms with van der Waals surface area (Å²) >= 11 is 1.47. The third-order valence-electron chi connectivity index (χ3n) is 5.37. The van der Waals surface area contributed by atoms with E-state index in [1.807, 2.05) is 42.5 Å². The van der Waals surface area contributed by atoms with E-state index in [9.17, 15) is 9.59 Å². The van der Waals surface area contributed by atoms with Gasteiger partial charge >= 0.3 is 0 Å². The number of nitrogens with one attached hydrogen (secondary N) is 2. The molecule has 1 unspecified atom stereocenters. The van der Waals surface area contributed by atoms with Crippen LogP contribution in [0.2, 0.25) is 0 Å². The molecule has 6 heteroatoms. The molecular weight excluding hydrogens is 394 g/mol. The standard InChI is InChI=1S/C24H25N3O2S/c1-15(2)16-11-13-18(14-12-16)25-23(29)19-9-6-10-20-21(19)26-24(30-20)27-22(28)17-7-4-3-5-8-17/h3-5,7-8,11-15,19H,6,9-10H2,1-2H3,(H,25,29)(H,26,27,28). The maximum atomic E-state index is 13.0. The third kappa shape index (κ3) is 4.44. The average molecular weight is 420 g/mol. The zero-order valence-corrected chi connectivity index (χ0v) is 18.0. The monoisotopic (exact) mass is 419 g/mol. The van der Waals surface area contributed by atoms with E-state index in [2.05, 4.69) is 29.5 Å². The van der Waals surface area contributed by atoms with Crippen molar-refractivity contribution in [1.29, 1.82) is 0 Å². The Hall–Kier alpha value is -2.99. The minimum atomic E-state index is -0.294. The molecule has 1 heterocycles. The van der Waals surface area contributed by atoms with Crippen LogP contribution in [0.5, 0.6) is 0 Å². The van der Waals surface area contributed by atoms with Crippen LogP contribution < -0.4 is 10.6 Å². The van der Waals surface area contributed by atoms with Gasteiger partial charge in [0.1, 0.15) is 0 Å². The largest absolute Gasteiger partial charge is 0.326 e. The van der Waals surface area contributed by atoms with E-state index in [-0.39, 0.29) is 17.7 Å². The molecular formula is C24H25N3O2S. The van der Waals surface area contributed by atoms with Gasteiger partial charge in [0.25, 0.3) is 5.91 Å². The van der Waals surface area contributed by atoms with Crippen molar-refractivity contribution in [1.82, 2.24) is 4.98 Å². The molecule has 0 aliphatic heterocycles. The van der Waals surface area contributed by atoms with Crippen LogP contribution in [-0.4, -0.2) is 16.8 Å². The molecule has 5 nitrogen and oxygen atoms in total. The molecule has 0 radical (unpaired) electrons. The predicted octanol–water partition coefficient (Wildman–Crippen LogP) is 5.58. The Kier molecular flexibility index (Phi) is 5.95. The van der Waals surface area contributed by atoms with Crippen LogP contribution in [0.1, 0.15) is 65.0 Å². The second-order valence-corrected chi connectivity index (χ2v) is 8.94. The Morgan fingerprint density at radius 1 is 1.03 bits per heavy atom. The first kappa shape index (κ1) is 20.3. The number of benzene rings is 2. The third-order valence-corrected chi connectivity index (χ3v) is 6.42. The van der Waals surface area contributed by atoms with Gasteiger partial charge in [-0.3, -0.25) is 14.9 Å². The minimum Gasteiger partial charge on any atom is -0.326 e. The highest BCUT2D eigenvalue weighted by Crippen LogP contribution is 2.37. The van der Waals surface area contributed by atoms with Crippen LogP contribution in [0.15, 0.2) is 54.6 Å². The summed E-state index contributed by atoms with van der Waals surface area (Å²) in [6, 6.07) is 17.1. The fraction of sp³-hybridized carbons (Fsp3) is 0.292. The Morgan fingerprint density at radius 3 is 2.47 bits per heavy atom. The van der Waals surface area contributed by atoms with Gasteiger partial charge in [-0.15, -0.1) is 11.3 Å². The number of rotatable bonds is 5. The molecule has 0 spiro atoms. The van der Waals surface area contributed by atoms with E-state index >= 15 is 0 Å². The highest BCUT2D eigenvalue weighted by Gasteiger charge is 2.30. The molecule has 2 amide bonds. The van der Waals surface area contributed by atoms with Crippen molar-refractivity contribution < 1.29 is 9.59 Å². The smallest absolute Gasteiger partial charge is 0.257 e. The van der Waals surface area contributed by atoms with E-state index < -0.39 is 0 Å². The summed E-state index contributed by atoms with van der Waals surface area (Å²) in [5, 5.41) is 6.46. The van der Waals surface area contributed by atoms with Gasteiger partial charge in [-0.05, 0) is 55.0 Å². The number of anilines is 2. The van der Waals surface area contributed by atoms with Gasteiger partial charge in [-0.25, -0.2) is 4.98 Å². The Balaban J connectivity index is 1.48. The van der Waals surface area contributed by atoms with E-state index in [0.29, 0.717) is 16.6 Å². The summed E-state index contributed by atoms with van der Waals surface area (Å²) in [5.41, 5.74) is 3.42. The van der Waals surface area contributed by atoms with Gasteiger partial charge in [0.05, 0.1) is 11.6 Å². The molecule has 154 valence electrons. The molecule has 1 atom stereocenters. The number of fused-ring (bicyclic) bond motifs is 1. The molecule has 1 aromatic heterocycles. The van der Waals surface area contributed by atoms with Crippen molar-refractivity contribution in [2.75, 3.05) is 10.6 Å². The Labute approximate surface area is 180 Å². The minimum absolute atomic E-state index is 0.0421. The summed E-state index contributed by atoms with van der Waals surface area (Å²) in [6.45, 7) is 4.29. The average Bonchev–Trinajstić information content (AvgIpc) is 3.17. The Morgan fingerprint density at radius 2 is 1.77 bits per heavy atom. The second kappa shape index (κ2) is 8.79. The maximum Gasteiger partial charge on any atom is 0.257 e. The number of hydrogen-bond acceptors (Lipinski definition) is 4. The molecule has 2 aromatic carbocycles. The summed E-state index contributed by atoms with van der Waals surface area (Å²) in [6.07, 6.45) is 2.59. The number of aromatic nitrogens is 1. The molecule has 0 bridgehead atoms. The molecule has 2 N–H and O–H groups in total. The van der Waals surface area contributed by atoms with E-state index in [4.69, 9.17) is 0 Å². The van der Waals surface area contributed by atoms with E-state index in [1.54, 1.807) is 12.1 Å². The highest BCUT2D eigenvalue weighted by atomic mass is 32.1. The summed E-state index contributed by atoms with van der Waals surface area (Å²) in [4.78, 5) is 31.1. The topological polar surface area (TPSA) is 71.1 Å². The zero-order chi connectivity index (χ0) is 21.1. The predicted molar refractivity (Wildman–Crippen MR) is 121 cm³/mol. The van der Waals surface area contributed by atoms with Crippen LogP contribution in [0, 0.1) is 0 Å². The van der Waals surface area contributed by atoms with Crippen LogP contribution in [0.25, 0.3) is 0 Å². The van der Waals surface area contributed by atoms with Crippen LogP contribution >= 0.6 is 11.3 Å². The molecule has 1 aliphatic carbocycles. The van der Waals surface area contributed by atoms with Gasteiger partial charge in [-0.1, -0.05) is 44.2 Å². The molecule has 0 fully saturated rings. The summed E-state index contributed by atoms with van der Waals surface area (Å²) in [5.74, 6) is -0.0697. The highest BCUT2D eigenvalue weighted by molar-refractivity contribution is 7.16.